The molecule has 0 fully saturated rings. The Kier molecular flexibility index (Phi) is 6.84. The number of rotatable bonds is 6. The fraction of sp³-hybridized carbons (Fsp3) is 0. The molecule has 0 saturated carbocycles. The molecule has 0 amide bonds. The van der Waals surface area contributed by atoms with Gasteiger partial charge in [-0.1, -0.05) is 140 Å². The van der Waals surface area contributed by atoms with E-state index in [9.17, 15) is 0 Å². The fourth-order valence-corrected chi connectivity index (χ4v) is 6.92. The molecule has 2 nitrogen and oxygen atoms in total. The van der Waals surface area contributed by atoms with Gasteiger partial charge in [-0.05, 0) is 86.8 Å². The van der Waals surface area contributed by atoms with Crippen LogP contribution in [0.25, 0.3) is 66.1 Å². The first-order valence-electron chi connectivity index (χ1n) is 16.3. The second-order valence-electron chi connectivity index (χ2n) is 12.2. The van der Waals surface area contributed by atoms with Gasteiger partial charge in [-0.3, -0.25) is 0 Å². The maximum Gasteiger partial charge on any atom is 0.145 e. The Hall–Kier alpha value is -6.38. The third-order valence-electron chi connectivity index (χ3n) is 9.23. The van der Waals surface area contributed by atoms with Crippen molar-refractivity contribution in [3.05, 3.63) is 188 Å². The van der Waals surface area contributed by atoms with Gasteiger partial charge in [0.25, 0.3) is 0 Å². The molecule has 0 aliphatic rings. The number of anilines is 3. The molecular formula is C46H31NO. The third kappa shape index (κ3) is 4.92. The van der Waals surface area contributed by atoms with E-state index in [0.29, 0.717) is 0 Å². The van der Waals surface area contributed by atoms with Crippen LogP contribution in [0.4, 0.5) is 17.1 Å². The van der Waals surface area contributed by atoms with Gasteiger partial charge in [0.05, 0.1) is 5.69 Å². The van der Waals surface area contributed by atoms with Gasteiger partial charge in [0.15, 0.2) is 0 Å². The van der Waals surface area contributed by atoms with E-state index in [1.165, 1.54) is 27.1 Å². The number of nitrogens with zero attached hydrogens (tertiary/aromatic N) is 1. The van der Waals surface area contributed by atoms with Crippen LogP contribution in [0.15, 0.2) is 192 Å². The van der Waals surface area contributed by atoms with Gasteiger partial charge < -0.3 is 9.32 Å². The zero-order valence-electron chi connectivity index (χ0n) is 26.3. The molecule has 0 unspecified atom stereocenters. The van der Waals surface area contributed by atoms with Crippen LogP contribution >= 0.6 is 0 Å². The second-order valence-corrected chi connectivity index (χ2v) is 12.2. The molecule has 1 aromatic heterocycles. The van der Waals surface area contributed by atoms with Crippen molar-refractivity contribution in [1.82, 2.24) is 0 Å². The average Bonchev–Trinajstić information content (AvgIpc) is 3.55. The highest BCUT2D eigenvalue weighted by Crippen LogP contribution is 2.47. The van der Waals surface area contributed by atoms with Crippen LogP contribution in [-0.2, 0) is 0 Å². The summed E-state index contributed by atoms with van der Waals surface area (Å²) in [5, 5.41) is 5.98. The molecule has 0 aliphatic heterocycles. The molecule has 0 saturated heterocycles. The van der Waals surface area contributed by atoms with Crippen LogP contribution in [-0.4, -0.2) is 0 Å². The molecule has 2 heteroatoms. The molecule has 0 aliphatic carbocycles. The predicted molar refractivity (Wildman–Crippen MR) is 202 cm³/mol. The Morgan fingerprint density at radius 3 is 1.81 bits per heavy atom. The van der Waals surface area contributed by atoms with Gasteiger partial charge in [-0.2, -0.15) is 0 Å². The Morgan fingerprint density at radius 2 is 0.979 bits per heavy atom. The lowest BCUT2D eigenvalue weighted by molar-refractivity contribution is 0.632. The van der Waals surface area contributed by atoms with Crippen LogP contribution in [0, 0.1) is 0 Å². The minimum atomic E-state index is 0.856. The quantitative estimate of drug-likeness (QED) is 0.185. The van der Waals surface area contributed by atoms with Crippen molar-refractivity contribution < 1.29 is 4.42 Å². The Labute approximate surface area is 279 Å². The van der Waals surface area contributed by atoms with Gasteiger partial charge in [-0.25, -0.2) is 0 Å². The highest BCUT2D eigenvalue weighted by molar-refractivity contribution is 6.04. The number of para-hydroxylation sites is 2. The monoisotopic (exact) mass is 613 g/mol. The number of hydrogen-bond donors (Lipinski definition) is 0. The average molecular weight is 614 g/mol. The van der Waals surface area contributed by atoms with Crippen LogP contribution in [0.1, 0.15) is 0 Å². The molecule has 0 radical (unpaired) electrons. The van der Waals surface area contributed by atoms with E-state index < -0.39 is 0 Å². The summed E-state index contributed by atoms with van der Waals surface area (Å²) in [6.07, 6.45) is 0. The van der Waals surface area contributed by atoms with Crippen molar-refractivity contribution >= 4 is 49.6 Å². The van der Waals surface area contributed by atoms with Crippen molar-refractivity contribution in [2.45, 2.75) is 0 Å². The molecule has 1 heterocycles. The Balaban J connectivity index is 1.28. The molecule has 0 spiro atoms. The molecular weight excluding hydrogens is 583 g/mol. The highest BCUT2D eigenvalue weighted by Gasteiger charge is 2.24. The molecule has 9 rings (SSSR count). The van der Waals surface area contributed by atoms with Crippen molar-refractivity contribution in [1.29, 1.82) is 0 Å². The van der Waals surface area contributed by atoms with Gasteiger partial charge >= 0.3 is 0 Å². The SMILES string of the molecule is c1ccc(-c2c(-c3ccccc3N(c3cccc(-c4ccc5ccccc5c4)c3)c3ccc4ccccc4c3)oc3ccccc23)cc1. The lowest BCUT2D eigenvalue weighted by Crippen LogP contribution is -2.11. The summed E-state index contributed by atoms with van der Waals surface area (Å²) >= 11 is 0. The number of furan rings is 1. The van der Waals surface area contributed by atoms with E-state index in [4.69, 9.17) is 4.42 Å². The predicted octanol–water partition coefficient (Wildman–Crippen LogP) is 13.2. The first-order valence-corrected chi connectivity index (χ1v) is 16.3. The van der Waals surface area contributed by atoms with E-state index in [0.717, 1.165) is 56.0 Å². The molecule has 48 heavy (non-hydrogen) atoms. The van der Waals surface area contributed by atoms with Crippen LogP contribution in [0.3, 0.4) is 0 Å². The number of fused-ring (bicyclic) bond motifs is 3. The lowest BCUT2D eigenvalue weighted by atomic mass is 9.96. The van der Waals surface area contributed by atoms with Crippen LogP contribution < -0.4 is 4.90 Å². The van der Waals surface area contributed by atoms with E-state index in [1.807, 2.05) is 6.07 Å². The summed E-state index contributed by atoms with van der Waals surface area (Å²) in [6, 6.07) is 66.9. The van der Waals surface area contributed by atoms with Crippen LogP contribution in [0.5, 0.6) is 0 Å². The van der Waals surface area contributed by atoms with Gasteiger partial charge in [0, 0.05) is 27.9 Å². The normalized spacial score (nSPS) is 11.3. The molecule has 0 atom stereocenters. The fourth-order valence-electron chi connectivity index (χ4n) is 6.92. The van der Waals surface area contributed by atoms with E-state index in [-0.39, 0.29) is 0 Å². The largest absolute Gasteiger partial charge is 0.455 e. The summed E-state index contributed by atoms with van der Waals surface area (Å²) in [5.41, 5.74) is 9.66. The summed E-state index contributed by atoms with van der Waals surface area (Å²) in [6.45, 7) is 0. The zero-order valence-corrected chi connectivity index (χ0v) is 26.3. The standard InChI is InChI=1S/C46H31NO/c1-2-15-34(16-3-1)45-42-22-9-11-24-44(42)48-46(45)41-21-8-10-23-43(41)47(40-28-27-33-14-5-7-18-36(33)30-40)39-20-12-19-37(31-39)38-26-25-32-13-4-6-17-35(32)29-38/h1-31H. The minimum absolute atomic E-state index is 0.856. The maximum absolute atomic E-state index is 6.78. The van der Waals surface area contributed by atoms with Crippen molar-refractivity contribution in [2.24, 2.45) is 0 Å². The molecule has 0 N–H and O–H groups in total. The zero-order chi connectivity index (χ0) is 31.9. The maximum atomic E-state index is 6.78. The smallest absolute Gasteiger partial charge is 0.145 e. The van der Waals surface area contributed by atoms with Crippen molar-refractivity contribution in [3.8, 4) is 33.6 Å². The first kappa shape index (κ1) is 27.9. The minimum Gasteiger partial charge on any atom is -0.455 e. The van der Waals surface area contributed by atoms with Gasteiger partial charge in [-0.15, -0.1) is 0 Å². The van der Waals surface area contributed by atoms with Crippen molar-refractivity contribution in [3.63, 3.8) is 0 Å². The first-order chi connectivity index (χ1) is 23.8. The topological polar surface area (TPSA) is 16.4 Å². The lowest BCUT2D eigenvalue weighted by Gasteiger charge is -2.28. The summed E-state index contributed by atoms with van der Waals surface area (Å²) in [5.74, 6) is 0.856. The molecule has 8 aromatic carbocycles. The van der Waals surface area contributed by atoms with E-state index >= 15 is 0 Å². The van der Waals surface area contributed by atoms with Crippen molar-refractivity contribution in [2.75, 3.05) is 4.90 Å². The number of benzene rings is 8. The molecule has 0 bridgehead atoms. The van der Waals surface area contributed by atoms with E-state index in [2.05, 4.69) is 187 Å². The highest BCUT2D eigenvalue weighted by atomic mass is 16.3. The van der Waals surface area contributed by atoms with Gasteiger partial charge in [0.2, 0.25) is 0 Å². The summed E-state index contributed by atoms with van der Waals surface area (Å²) in [7, 11) is 0. The van der Waals surface area contributed by atoms with E-state index in [1.54, 1.807) is 0 Å². The number of hydrogen-bond acceptors (Lipinski definition) is 2. The third-order valence-corrected chi connectivity index (χ3v) is 9.23. The summed E-state index contributed by atoms with van der Waals surface area (Å²) < 4.78 is 6.78. The molecule has 226 valence electrons. The Morgan fingerprint density at radius 1 is 0.375 bits per heavy atom. The second kappa shape index (κ2) is 11.8. The van der Waals surface area contributed by atoms with Gasteiger partial charge in [0.1, 0.15) is 11.3 Å². The Bertz CT molecular complexity index is 2580. The molecule has 9 aromatic rings. The summed E-state index contributed by atoms with van der Waals surface area (Å²) in [4.78, 5) is 2.37. The van der Waals surface area contributed by atoms with Crippen LogP contribution in [0.2, 0.25) is 0 Å².